The van der Waals surface area contributed by atoms with Gasteiger partial charge in [0.15, 0.2) is 0 Å². The molecule has 0 aromatic heterocycles. The lowest BCUT2D eigenvalue weighted by Gasteiger charge is -2.53. The number of phenols is 1. The summed E-state index contributed by atoms with van der Waals surface area (Å²) in [6.45, 7) is 7.95. The van der Waals surface area contributed by atoms with Gasteiger partial charge in [0.2, 0.25) is 0 Å². The number of hydrogen-bond donors (Lipinski definition) is 3. The minimum Gasteiger partial charge on any atom is -0.508 e. The van der Waals surface area contributed by atoms with Crippen LogP contribution in [-0.2, 0) is 6.42 Å². The molecule has 3 rings (SSSR count). The van der Waals surface area contributed by atoms with Gasteiger partial charge in [0.05, 0.1) is 11.7 Å². The lowest BCUT2D eigenvalue weighted by atomic mass is 9.61. The van der Waals surface area contributed by atoms with Crippen molar-refractivity contribution in [1.29, 1.82) is 0 Å². The predicted molar refractivity (Wildman–Crippen MR) is 98.1 cm³/mol. The number of phenolic OH excluding ortho intramolecular Hbond substituents is 1. The van der Waals surface area contributed by atoms with Crippen molar-refractivity contribution in [2.24, 2.45) is 5.92 Å². The first-order valence-electron chi connectivity index (χ1n) is 9.62. The Bertz CT molecular complexity index is 635. The Kier molecular flexibility index (Phi) is 4.80. The quantitative estimate of drug-likeness (QED) is 0.722. The van der Waals surface area contributed by atoms with Gasteiger partial charge in [0.25, 0.3) is 0 Å². The van der Waals surface area contributed by atoms with E-state index in [9.17, 15) is 15.3 Å². The van der Waals surface area contributed by atoms with Gasteiger partial charge in [-0.05, 0) is 64.2 Å². The van der Waals surface area contributed by atoms with Gasteiger partial charge < -0.3 is 20.1 Å². The first-order chi connectivity index (χ1) is 11.7. The molecule has 4 atom stereocenters. The number of ether oxygens (including phenoxy) is 1. The largest absolute Gasteiger partial charge is 0.508 e. The summed E-state index contributed by atoms with van der Waals surface area (Å²) in [6, 6.07) is 3.82. The Morgan fingerprint density at radius 3 is 2.60 bits per heavy atom. The SMILES string of the molecule is CCCCCc1cc(O)c2c(c1)OC(C)(C)[C@@H]1CC[C@](C)(O)C(O)[C@@H]21. The van der Waals surface area contributed by atoms with E-state index in [0.29, 0.717) is 17.7 Å². The number of unbranched alkanes of at least 4 members (excludes halogenated alkanes) is 2. The van der Waals surface area contributed by atoms with E-state index in [4.69, 9.17) is 4.74 Å². The van der Waals surface area contributed by atoms with Gasteiger partial charge >= 0.3 is 0 Å². The molecule has 0 radical (unpaired) electrons. The molecule has 140 valence electrons. The van der Waals surface area contributed by atoms with Crippen molar-refractivity contribution in [3.05, 3.63) is 23.3 Å². The first-order valence-corrected chi connectivity index (χ1v) is 9.62. The summed E-state index contributed by atoms with van der Waals surface area (Å²) >= 11 is 0. The summed E-state index contributed by atoms with van der Waals surface area (Å²) in [4.78, 5) is 0. The molecule has 1 unspecified atom stereocenters. The monoisotopic (exact) mass is 348 g/mol. The highest BCUT2D eigenvalue weighted by Crippen LogP contribution is 2.56. The summed E-state index contributed by atoms with van der Waals surface area (Å²) < 4.78 is 6.28. The molecule has 4 heteroatoms. The van der Waals surface area contributed by atoms with Gasteiger partial charge in [-0.15, -0.1) is 0 Å². The van der Waals surface area contributed by atoms with Crippen LogP contribution < -0.4 is 4.74 Å². The Labute approximate surface area is 150 Å². The number of rotatable bonds is 4. The third-order valence-electron chi connectivity index (χ3n) is 6.22. The highest BCUT2D eigenvalue weighted by Gasteiger charge is 2.55. The van der Waals surface area contributed by atoms with Crippen LogP contribution in [0.2, 0.25) is 0 Å². The molecule has 1 aliphatic heterocycles. The maximum atomic E-state index is 10.9. The normalized spacial score (nSPS) is 33.3. The zero-order valence-corrected chi connectivity index (χ0v) is 15.9. The molecule has 0 saturated heterocycles. The summed E-state index contributed by atoms with van der Waals surface area (Å²) in [5.74, 6) is 0.597. The Balaban J connectivity index is 2.02. The molecular weight excluding hydrogens is 316 g/mol. The highest BCUT2D eigenvalue weighted by atomic mass is 16.5. The molecule has 1 heterocycles. The number of aliphatic hydroxyl groups is 2. The molecule has 2 aliphatic rings. The number of benzene rings is 1. The molecule has 3 N–H and O–H groups in total. The number of fused-ring (bicyclic) bond motifs is 3. The number of aryl methyl sites for hydroxylation is 1. The lowest BCUT2D eigenvalue weighted by Crippen LogP contribution is -2.57. The second kappa shape index (κ2) is 6.48. The van der Waals surface area contributed by atoms with E-state index in [1.165, 1.54) is 0 Å². The zero-order chi connectivity index (χ0) is 18.4. The van der Waals surface area contributed by atoms with Gasteiger partial charge in [-0.1, -0.05) is 19.8 Å². The van der Waals surface area contributed by atoms with Gasteiger partial charge in [0, 0.05) is 17.4 Å². The van der Waals surface area contributed by atoms with E-state index in [-0.39, 0.29) is 17.6 Å². The Hall–Kier alpha value is -1.26. The van der Waals surface area contributed by atoms with Crippen molar-refractivity contribution < 1.29 is 20.1 Å². The van der Waals surface area contributed by atoms with Crippen molar-refractivity contribution in [2.45, 2.75) is 89.4 Å². The van der Waals surface area contributed by atoms with Crippen molar-refractivity contribution in [3.63, 3.8) is 0 Å². The van der Waals surface area contributed by atoms with E-state index in [1.54, 1.807) is 6.92 Å². The van der Waals surface area contributed by atoms with Gasteiger partial charge in [0.1, 0.15) is 17.1 Å². The summed E-state index contributed by atoms with van der Waals surface area (Å²) in [7, 11) is 0. The van der Waals surface area contributed by atoms with Crippen LogP contribution in [-0.4, -0.2) is 32.6 Å². The summed E-state index contributed by atoms with van der Waals surface area (Å²) in [5, 5.41) is 32.2. The Morgan fingerprint density at radius 2 is 1.92 bits per heavy atom. The van der Waals surface area contributed by atoms with Gasteiger partial charge in [-0.3, -0.25) is 0 Å². The number of aromatic hydroxyl groups is 1. The first kappa shape index (κ1) is 18.5. The van der Waals surface area contributed by atoms with Crippen LogP contribution in [0.5, 0.6) is 11.5 Å². The fraction of sp³-hybridized carbons (Fsp3) is 0.714. The number of aliphatic hydroxyl groups excluding tert-OH is 1. The minimum atomic E-state index is -1.14. The van der Waals surface area contributed by atoms with Crippen LogP contribution in [0.3, 0.4) is 0 Å². The highest BCUT2D eigenvalue weighted by molar-refractivity contribution is 5.52. The summed E-state index contributed by atoms with van der Waals surface area (Å²) in [6.07, 6.45) is 4.70. The fourth-order valence-electron chi connectivity index (χ4n) is 4.69. The van der Waals surface area contributed by atoms with Crippen molar-refractivity contribution in [2.75, 3.05) is 0 Å². The van der Waals surface area contributed by atoms with Crippen LogP contribution in [0.15, 0.2) is 12.1 Å². The van der Waals surface area contributed by atoms with Gasteiger partial charge in [-0.2, -0.15) is 0 Å². The molecule has 0 amide bonds. The third-order valence-corrected chi connectivity index (χ3v) is 6.22. The average Bonchev–Trinajstić information content (AvgIpc) is 2.50. The molecule has 1 aromatic rings. The molecule has 4 nitrogen and oxygen atoms in total. The van der Waals surface area contributed by atoms with E-state index >= 15 is 0 Å². The second-order valence-electron chi connectivity index (χ2n) is 8.66. The predicted octanol–water partition coefficient (Wildman–Crippen LogP) is 3.90. The molecule has 1 aliphatic carbocycles. The van der Waals surface area contributed by atoms with Crippen molar-refractivity contribution >= 4 is 0 Å². The molecule has 1 fully saturated rings. The van der Waals surface area contributed by atoms with Crippen LogP contribution >= 0.6 is 0 Å². The van der Waals surface area contributed by atoms with Gasteiger partial charge in [-0.25, -0.2) is 0 Å². The fourth-order valence-corrected chi connectivity index (χ4v) is 4.69. The molecule has 25 heavy (non-hydrogen) atoms. The molecule has 1 saturated carbocycles. The minimum absolute atomic E-state index is 0.0621. The van der Waals surface area contributed by atoms with E-state index in [0.717, 1.165) is 37.7 Å². The van der Waals surface area contributed by atoms with E-state index in [1.807, 2.05) is 26.0 Å². The molecule has 0 bridgehead atoms. The second-order valence-corrected chi connectivity index (χ2v) is 8.66. The number of hydrogen-bond acceptors (Lipinski definition) is 4. The molecular formula is C21H32O4. The average molecular weight is 348 g/mol. The standard InChI is InChI=1S/C21H32O4/c1-5-6-7-8-13-11-15(22)18-16(12-13)25-20(2,3)14-9-10-21(4,24)19(23)17(14)18/h11-12,14,17,19,22-24H,5-10H2,1-4H3/t14-,17-,19?,21+/m1/s1. The van der Waals surface area contributed by atoms with Crippen LogP contribution in [0.25, 0.3) is 0 Å². The smallest absolute Gasteiger partial charge is 0.127 e. The van der Waals surface area contributed by atoms with Crippen LogP contribution in [0, 0.1) is 5.92 Å². The molecule has 1 aromatic carbocycles. The zero-order valence-electron chi connectivity index (χ0n) is 15.9. The third kappa shape index (κ3) is 3.26. The van der Waals surface area contributed by atoms with Crippen molar-refractivity contribution in [3.8, 4) is 11.5 Å². The maximum Gasteiger partial charge on any atom is 0.127 e. The van der Waals surface area contributed by atoms with E-state index < -0.39 is 17.3 Å². The van der Waals surface area contributed by atoms with Crippen LogP contribution in [0.1, 0.15) is 76.8 Å². The van der Waals surface area contributed by atoms with Crippen molar-refractivity contribution in [1.82, 2.24) is 0 Å². The molecule has 0 spiro atoms. The topological polar surface area (TPSA) is 69.9 Å². The summed E-state index contributed by atoms with van der Waals surface area (Å²) in [5.41, 5.74) is 0.147. The van der Waals surface area contributed by atoms with Crippen LogP contribution in [0.4, 0.5) is 0 Å². The maximum absolute atomic E-state index is 10.9. The lowest BCUT2D eigenvalue weighted by molar-refractivity contribution is -0.144. The Morgan fingerprint density at radius 1 is 1.20 bits per heavy atom. The van der Waals surface area contributed by atoms with E-state index in [2.05, 4.69) is 6.92 Å².